The molecule has 1 N–H and O–H groups in total. The lowest BCUT2D eigenvalue weighted by Crippen LogP contribution is -2.45. The molecule has 2 rings (SSSR count). The Hall–Kier alpha value is -0.130. The highest BCUT2D eigenvalue weighted by atomic mass is 79.9. The van der Waals surface area contributed by atoms with Crippen LogP contribution in [0.5, 0.6) is 0 Å². The molecule has 1 aromatic rings. The minimum Gasteiger partial charge on any atom is -0.314 e. The van der Waals surface area contributed by atoms with Crippen LogP contribution < -0.4 is 5.32 Å². The molecule has 114 valence electrons. The summed E-state index contributed by atoms with van der Waals surface area (Å²) in [5.74, 6) is -0.212. The molecule has 2 nitrogen and oxygen atoms in total. The second-order valence-electron chi connectivity index (χ2n) is 4.50. The molecule has 1 aliphatic heterocycles. The molecule has 0 unspecified atom stereocenters. The van der Waals surface area contributed by atoms with Gasteiger partial charge in [0.25, 0.3) is 0 Å². The summed E-state index contributed by atoms with van der Waals surface area (Å²) in [6, 6.07) is 5.57. The van der Waals surface area contributed by atoms with Crippen LogP contribution in [0.2, 0.25) is 0 Å². The van der Waals surface area contributed by atoms with E-state index >= 15 is 0 Å². The Balaban J connectivity index is 0.00000180. The smallest absolute Gasteiger partial charge is 0.137 e. The highest BCUT2D eigenvalue weighted by Gasteiger charge is 2.21. The van der Waals surface area contributed by atoms with Gasteiger partial charge in [0.1, 0.15) is 5.82 Å². The van der Waals surface area contributed by atoms with E-state index in [2.05, 4.69) is 32.7 Å². The molecule has 0 spiro atoms. The lowest BCUT2D eigenvalue weighted by atomic mass is 10.0. The van der Waals surface area contributed by atoms with Crippen molar-refractivity contribution in [2.24, 2.45) is 0 Å². The normalized spacial score (nSPS) is 16.7. The monoisotopic (exact) mass is 384 g/mol. The fourth-order valence-electron chi connectivity index (χ4n) is 2.37. The summed E-state index contributed by atoms with van der Waals surface area (Å²) in [6.07, 6.45) is 2.82. The van der Waals surface area contributed by atoms with Gasteiger partial charge >= 0.3 is 0 Å². The Kier molecular flexibility index (Phi) is 9.68. The number of rotatable bonds is 4. The highest BCUT2D eigenvalue weighted by molar-refractivity contribution is 9.10. The van der Waals surface area contributed by atoms with Crippen molar-refractivity contribution in [1.82, 2.24) is 10.2 Å². The van der Waals surface area contributed by atoms with Gasteiger partial charge in [-0.2, -0.15) is 0 Å². The summed E-state index contributed by atoms with van der Waals surface area (Å²) < 4.78 is 13.8. The van der Waals surface area contributed by atoms with Crippen molar-refractivity contribution in [3.8, 4) is 0 Å². The number of nitrogens with zero attached hydrogens (tertiary/aromatic N) is 1. The van der Waals surface area contributed by atoms with E-state index < -0.39 is 0 Å². The number of nitrogens with one attached hydrogen (secondary N) is 1. The molecule has 1 heterocycles. The largest absolute Gasteiger partial charge is 0.314 e. The summed E-state index contributed by atoms with van der Waals surface area (Å²) in [4.78, 5) is 2.43. The first-order valence-electron chi connectivity index (χ1n) is 6.23. The Bertz CT molecular complexity index is 426. The molecule has 1 aliphatic rings. The van der Waals surface area contributed by atoms with Crippen LogP contribution >= 0.6 is 40.7 Å². The first kappa shape index (κ1) is 19.9. The zero-order valence-corrected chi connectivity index (χ0v) is 14.4. The van der Waals surface area contributed by atoms with Gasteiger partial charge in [-0.1, -0.05) is 12.1 Å². The standard InChI is InChI=1S/C14H18BrFN2.2ClH/c1-2-3-14(18-8-6-17-7-9-18)11-4-5-13(16)12(15)10-11;;/h2,4-5,10,14,17H,1,3,6-9H2;2*1H/t14-;;/m1../s1. The molecule has 1 fully saturated rings. The molecule has 1 aromatic carbocycles. The molecular weight excluding hydrogens is 366 g/mol. The van der Waals surface area contributed by atoms with Crippen molar-refractivity contribution in [3.63, 3.8) is 0 Å². The lowest BCUT2D eigenvalue weighted by Gasteiger charge is -2.34. The minimum atomic E-state index is -0.212. The fraction of sp³-hybridized carbons (Fsp3) is 0.429. The molecular formula is C14H20BrCl2FN2. The van der Waals surface area contributed by atoms with Crippen molar-refractivity contribution in [2.75, 3.05) is 26.2 Å². The molecule has 0 aromatic heterocycles. The summed E-state index contributed by atoms with van der Waals surface area (Å²) in [5, 5.41) is 3.35. The average Bonchev–Trinajstić information content (AvgIpc) is 2.40. The van der Waals surface area contributed by atoms with E-state index in [0.717, 1.165) is 38.2 Å². The summed E-state index contributed by atoms with van der Waals surface area (Å²) in [6.45, 7) is 7.90. The van der Waals surface area contributed by atoms with Crippen LogP contribution in [0.3, 0.4) is 0 Å². The molecule has 20 heavy (non-hydrogen) atoms. The Morgan fingerprint density at radius 2 is 2.00 bits per heavy atom. The van der Waals surface area contributed by atoms with Gasteiger partial charge in [0.15, 0.2) is 0 Å². The average molecular weight is 386 g/mol. The van der Waals surface area contributed by atoms with Gasteiger partial charge in [-0.15, -0.1) is 31.4 Å². The van der Waals surface area contributed by atoms with Gasteiger partial charge in [0, 0.05) is 32.2 Å². The third-order valence-corrected chi connectivity index (χ3v) is 3.92. The van der Waals surface area contributed by atoms with Crippen molar-refractivity contribution in [1.29, 1.82) is 0 Å². The maximum atomic E-state index is 13.3. The van der Waals surface area contributed by atoms with Crippen LogP contribution in [0.4, 0.5) is 4.39 Å². The summed E-state index contributed by atoms with van der Waals surface area (Å²) in [5.41, 5.74) is 1.14. The zero-order chi connectivity index (χ0) is 13.0. The maximum absolute atomic E-state index is 13.3. The van der Waals surface area contributed by atoms with E-state index in [4.69, 9.17) is 0 Å². The van der Waals surface area contributed by atoms with Crippen LogP contribution in [-0.4, -0.2) is 31.1 Å². The van der Waals surface area contributed by atoms with E-state index in [0.29, 0.717) is 10.5 Å². The molecule has 0 radical (unpaired) electrons. The second-order valence-corrected chi connectivity index (χ2v) is 5.35. The first-order chi connectivity index (χ1) is 8.72. The molecule has 6 heteroatoms. The third-order valence-electron chi connectivity index (χ3n) is 3.31. The van der Waals surface area contributed by atoms with E-state index in [9.17, 15) is 4.39 Å². The molecule has 1 saturated heterocycles. The second kappa shape index (κ2) is 9.74. The number of benzene rings is 1. The van der Waals surface area contributed by atoms with E-state index in [1.807, 2.05) is 18.2 Å². The van der Waals surface area contributed by atoms with Crippen molar-refractivity contribution in [3.05, 3.63) is 46.7 Å². The van der Waals surface area contributed by atoms with Gasteiger partial charge < -0.3 is 5.32 Å². The van der Waals surface area contributed by atoms with Crippen molar-refractivity contribution in [2.45, 2.75) is 12.5 Å². The number of hydrogen-bond acceptors (Lipinski definition) is 2. The Morgan fingerprint density at radius 1 is 1.35 bits per heavy atom. The van der Waals surface area contributed by atoms with Crippen LogP contribution in [0.15, 0.2) is 35.3 Å². The predicted octanol–water partition coefficient (Wildman–Crippen LogP) is 3.95. The van der Waals surface area contributed by atoms with E-state index in [-0.39, 0.29) is 30.6 Å². The van der Waals surface area contributed by atoms with E-state index in [1.54, 1.807) is 0 Å². The van der Waals surface area contributed by atoms with Gasteiger partial charge in [-0.05, 0) is 40.0 Å². The SMILES string of the molecule is C=CC[C@H](c1ccc(F)c(Br)c1)N1CCNCC1.Cl.Cl. The zero-order valence-electron chi connectivity index (χ0n) is 11.1. The topological polar surface area (TPSA) is 15.3 Å². The van der Waals surface area contributed by atoms with Crippen molar-refractivity contribution < 1.29 is 4.39 Å². The Labute approximate surface area is 140 Å². The summed E-state index contributed by atoms with van der Waals surface area (Å²) in [7, 11) is 0. The molecule has 0 bridgehead atoms. The number of halogens is 4. The summed E-state index contributed by atoms with van der Waals surface area (Å²) >= 11 is 3.26. The quantitative estimate of drug-likeness (QED) is 0.789. The van der Waals surface area contributed by atoms with Gasteiger partial charge in [0.2, 0.25) is 0 Å². The lowest BCUT2D eigenvalue weighted by molar-refractivity contribution is 0.174. The Morgan fingerprint density at radius 3 is 2.55 bits per heavy atom. The molecule has 1 atom stereocenters. The van der Waals surface area contributed by atoms with E-state index in [1.165, 1.54) is 6.07 Å². The third kappa shape index (κ3) is 5.01. The molecule has 0 amide bonds. The number of hydrogen-bond donors (Lipinski definition) is 1. The fourth-order valence-corrected chi connectivity index (χ4v) is 2.76. The maximum Gasteiger partial charge on any atom is 0.137 e. The van der Waals surface area contributed by atoms with Crippen LogP contribution in [0.25, 0.3) is 0 Å². The van der Waals surface area contributed by atoms with Gasteiger partial charge in [-0.25, -0.2) is 4.39 Å². The first-order valence-corrected chi connectivity index (χ1v) is 7.02. The van der Waals surface area contributed by atoms with Crippen LogP contribution in [-0.2, 0) is 0 Å². The molecule has 0 aliphatic carbocycles. The number of piperazine rings is 1. The highest BCUT2D eigenvalue weighted by Crippen LogP contribution is 2.28. The molecule has 0 saturated carbocycles. The van der Waals surface area contributed by atoms with Gasteiger partial charge in [-0.3, -0.25) is 4.90 Å². The van der Waals surface area contributed by atoms with Crippen LogP contribution in [0.1, 0.15) is 18.0 Å². The van der Waals surface area contributed by atoms with Gasteiger partial charge in [0.05, 0.1) is 4.47 Å². The van der Waals surface area contributed by atoms with Crippen molar-refractivity contribution >= 4 is 40.7 Å². The minimum absolute atomic E-state index is 0. The predicted molar refractivity (Wildman–Crippen MR) is 90.6 cm³/mol. The van der Waals surface area contributed by atoms with Crippen LogP contribution in [0, 0.1) is 5.82 Å².